The highest BCUT2D eigenvalue weighted by molar-refractivity contribution is 5.27. The molecule has 0 aliphatic rings. The summed E-state index contributed by atoms with van der Waals surface area (Å²) in [6.45, 7) is 9.36. The molecule has 1 nitrogen and oxygen atoms in total. The Hall–Kier alpha value is -0.820. The molecule has 0 aliphatic heterocycles. The lowest BCUT2D eigenvalue weighted by atomic mass is 9.68. The third kappa shape index (κ3) is 3.85. The molecule has 0 amide bonds. The second-order valence-corrected chi connectivity index (χ2v) is 6.20. The van der Waals surface area contributed by atoms with Crippen LogP contribution >= 0.6 is 0 Å². The Morgan fingerprint density at radius 2 is 1.65 bits per heavy atom. The predicted molar refractivity (Wildman–Crippen MR) is 90.2 cm³/mol. The number of nitrogens with one attached hydrogen (secondary N) is 1. The van der Waals surface area contributed by atoms with Crippen LogP contribution < -0.4 is 5.32 Å². The molecule has 0 fully saturated rings. The van der Waals surface area contributed by atoms with Crippen LogP contribution in [0.15, 0.2) is 30.3 Å². The second kappa shape index (κ2) is 8.46. The van der Waals surface area contributed by atoms with Crippen molar-refractivity contribution in [2.45, 2.75) is 71.3 Å². The van der Waals surface area contributed by atoms with E-state index in [0.29, 0.717) is 6.04 Å². The van der Waals surface area contributed by atoms with Gasteiger partial charge in [-0.25, -0.2) is 0 Å². The van der Waals surface area contributed by atoms with E-state index in [-0.39, 0.29) is 5.41 Å². The van der Waals surface area contributed by atoms with Gasteiger partial charge in [-0.1, -0.05) is 70.9 Å². The molecule has 1 heteroatoms. The molecule has 0 aromatic heterocycles. The molecule has 1 N–H and O–H groups in total. The van der Waals surface area contributed by atoms with Crippen molar-refractivity contribution in [2.75, 3.05) is 7.05 Å². The van der Waals surface area contributed by atoms with Gasteiger partial charge in [-0.15, -0.1) is 0 Å². The van der Waals surface area contributed by atoms with Gasteiger partial charge in [-0.3, -0.25) is 0 Å². The van der Waals surface area contributed by atoms with Crippen molar-refractivity contribution in [1.82, 2.24) is 5.32 Å². The summed E-state index contributed by atoms with van der Waals surface area (Å²) in [5, 5.41) is 3.63. The lowest BCUT2D eigenvalue weighted by Gasteiger charge is -2.41. The van der Waals surface area contributed by atoms with E-state index >= 15 is 0 Å². The average molecular weight is 275 g/mol. The topological polar surface area (TPSA) is 12.0 Å². The number of hydrogen-bond acceptors (Lipinski definition) is 1. The van der Waals surface area contributed by atoms with Crippen molar-refractivity contribution in [3.63, 3.8) is 0 Å². The van der Waals surface area contributed by atoms with Gasteiger partial charge in [0.2, 0.25) is 0 Å². The van der Waals surface area contributed by atoms with E-state index in [4.69, 9.17) is 0 Å². The summed E-state index contributed by atoms with van der Waals surface area (Å²) in [6, 6.07) is 11.6. The van der Waals surface area contributed by atoms with Crippen molar-refractivity contribution in [1.29, 1.82) is 0 Å². The minimum Gasteiger partial charge on any atom is -0.316 e. The van der Waals surface area contributed by atoms with Gasteiger partial charge in [0.05, 0.1) is 0 Å². The Balaban J connectivity index is 3.03. The summed E-state index contributed by atoms with van der Waals surface area (Å²) in [6.07, 6.45) is 6.27. The lowest BCUT2D eigenvalue weighted by Crippen LogP contribution is -2.47. The Labute approximate surface area is 126 Å². The van der Waals surface area contributed by atoms with E-state index in [1.54, 1.807) is 0 Å². The minimum absolute atomic E-state index is 0.262. The maximum absolute atomic E-state index is 3.63. The number of hydrogen-bond donors (Lipinski definition) is 1. The molecule has 1 aromatic rings. The van der Waals surface area contributed by atoms with Crippen LogP contribution in [0.3, 0.4) is 0 Å². The normalized spacial score (nSPS) is 15.1. The number of benzene rings is 1. The summed E-state index contributed by atoms with van der Waals surface area (Å²) < 4.78 is 0. The van der Waals surface area contributed by atoms with Crippen LogP contribution in [0, 0.1) is 5.92 Å². The molecule has 0 heterocycles. The Bertz CT molecular complexity index is 353. The van der Waals surface area contributed by atoms with Crippen molar-refractivity contribution in [2.24, 2.45) is 5.92 Å². The molecule has 0 saturated carbocycles. The van der Waals surface area contributed by atoms with Crippen molar-refractivity contribution in [3.05, 3.63) is 35.9 Å². The first kappa shape index (κ1) is 17.2. The first-order chi connectivity index (χ1) is 9.64. The maximum atomic E-state index is 3.63. The fourth-order valence-corrected chi connectivity index (χ4v) is 3.76. The number of rotatable bonds is 9. The fourth-order valence-electron chi connectivity index (χ4n) is 3.76. The molecule has 0 bridgehead atoms. The molecule has 0 aliphatic carbocycles. The monoisotopic (exact) mass is 275 g/mol. The highest BCUT2D eigenvalue weighted by atomic mass is 14.9. The quantitative estimate of drug-likeness (QED) is 0.656. The lowest BCUT2D eigenvalue weighted by molar-refractivity contribution is 0.240. The van der Waals surface area contributed by atoms with Crippen LogP contribution in [-0.4, -0.2) is 13.1 Å². The molecular formula is C19H33N. The van der Waals surface area contributed by atoms with Crippen molar-refractivity contribution in [3.8, 4) is 0 Å². The van der Waals surface area contributed by atoms with Gasteiger partial charge in [0.15, 0.2) is 0 Å². The minimum atomic E-state index is 0.262. The van der Waals surface area contributed by atoms with Crippen LogP contribution in [0.1, 0.15) is 65.4 Å². The summed E-state index contributed by atoms with van der Waals surface area (Å²) in [5.74, 6) is 0.790. The highest BCUT2D eigenvalue weighted by Gasteiger charge is 2.36. The predicted octanol–water partition coefficient (Wildman–Crippen LogP) is 5.16. The van der Waals surface area contributed by atoms with E-state index in [9.17, 15) is 0 Å². The Morgan fingerprint density at radius 3 is 2.10 bits per heavy atom. The summed E-state index contributed by atoms with van der Waals surface area (Å²) in [5.41, 5.74) is 1.76. The van der Waals surface area contributed by atoms with E-state index in [1.807, 2.05) is 0 Å². The van der Waals surface area contributed by atoms with Gasteiger partial charge in [0.25, 0.3) is 0 Å². The van der Waals surface area contributed by atoms with Gasteiger partial charge >= 0.3 is 0 Å². The third-order valence-electron chi connectivity index (χ3n) is 5.05. The Morgan fingerprint density at radius 1 is 1.05 bits per heavy atom. The third-order valence-corrected chi connectivity index (χ3v) is 5.05. The SMILES string of the molecule is CCCC(C)CC(NC)C(CC)(CC)c1ccccc1. The molecule has 2 unspecified atom stereocenters. The number of likely N-dealkylation sites (N-methyl/N-ethyl adjacent to an activating group) is 1. The van der Waals surface area contributed by atoms with Gasteiger partial charge in [-0.05, 0) is 37.8 Å². The molecule has 0 spiro atoms. The van der Waals surface area contributed by atoms with Crippen molar-refractivity contribution >= 4 is 0 Å². The molecule has 1 rings (SSSR count). The van der Waals surface area contributed by atoms with Crippen LogP contribution in [-0.2, 0) is 5.41 Å². The van der Waals surface area contributed by atoms with Crippen molar-refractivity contribution < 1.29 is 0 Å². The molecule has 114 valence electrons. The van der Waals surface area contributed by atoms with Gasteiger partial charge in [-0.2, -0.15) is 0 Å². The molecule has 0 saturated heterocycles. The van der Waals surface area contributed by atoms with Crippen LogP contribution in [0.4, 0.5) is 0 Å². The average Bonchev–Trinajstić information content (AvgIpc) is 2.49. The second-order valence-electron chi connectivity index (χ2n) is 6.20. The molecular weight excluding hydrogens is 242 g/mol. The van der Waals surface area contributed by atoms with Crippen LogP contribution in [0.2, 0.25) is 0 Å². The molecule has 0 radical (unpaired) electrons. The molecule has 1 aromatic carbocycles. The molecule has 20 heavy (non-hydrogen) atoms. The first-order valence-corrected chi connectivity index (χ1v) is 8.37. The Kier molecular flexibility index (Phi) is 7.29. The summed E-state index contributed by atoms with van der Waals surface area (Å²) in [4.78, 5) is 0. The van der Waals surface area contributed by atoms with E-state index in [1.165, 1.54) is 37.7 Å². The standard InChI is InChI=1S/C19H33N/c1-6-12-16(4)15-18(20-5)19(7-2,8-3)17-13-10-9-11-14-17/h9-11,13-14,16,18,20H,6-8,12,15H2,1-5H3. The smallest absolute Gasteiger partial charge is 0.0163 e. The summed E-state index contributed by atoms with van der Waals surface area (Å²) in [7, 11) is 2.13. The zero-order valence-electron chi connectivity index (χ0n) is 14.1. The largest absolute Gasteiger partial charge is 0.316 e. The van der Waals surface area contributed by atoms with E-state index < -0.39 is 0 Å². The maximum Gasteiger partial charge on any atom is 0.0163 e. The van der Waals surface area contributed by atoms with Crippen LogP contribution in [0.5, 0.6) is 0 Å². The fraction of sp³-hybridized carbons (Fsp3) is 0.684. The van der Waals surface area contributed by atoms with E-state index in [2.05, 4.69) is 70.4 Å². The molecule has 2 atom stereocenters. The highest BCUT2D eigenvalue weighted by Crippen LogP contribution is 2.38. The zero-order chi connectivity index (χ0) is 15.0. The van der Waals surface area contributed by atoms with Gasteiger partial charge in [0, 0.05) is 11.5 Å². The van der Waals surface area contributed by atoms with E-state index in [0.717, 1.165) is 5.92 Å². The van der Waals surface area contributed by atoms with Crippen LogP contribution in [0.25, 0.3) is 0 Å². The van der Waals surface area contributed by atoms with Gasteiger partial charge in [0.1, 0.15) is 0 Å². The first-order valence-electron chi connectivity index (χ1n) is 8.37. The van der Waals surface area contributed by atoms with Gasteiger partial charge < -0.3 is 5.32 Å². The zero-order valence-corrected chi connectivity index (χ0v) is 14.1. The summed E-state index contributed by atoms with van der Waals surface area (Å²) >= 11 is 0.